The highest BCUT2D eigenvalue weighted by atomic mass is 35.5. The number of nitrogens with one attached hydrogen (secondary N) is 2. The highest BCUT2D eigenvalue weighted by Gasteiger charge is 2.41. The topological polar surface area (TPSA) is 70.2 Å². The first-order chi connectivity index (χ1) is 9.20. The molecule has 3 rings (SSSR count). The van der Waals surface area contributed by atoms with Crippen molar-refractivity contribution in [3.8, 4) is 0 Å². The van der Waals surface area contributed by atoms with Crippen LogP contribution in [0.4, 0.5) is 11.8 Å². The zero-order valence-corrected chi connectivity index (χ0v) is 11.4. The van der Waals surface area contributed by atoms with E-state index in [1.165, 1.54) is 0 Å². The van der Waals surface area contributed by atoms with Gasteiger partial charge in [0.25, 0.3) is 0 Å². The summed E-state index contributed by atoms with van der Waals surface area (Å²) in [6.07, 6.45) is 3.52. The van der Waals surface area contributed by atoms with Crippen LogP contribution < -0.4 is 15.5 Å². The number of halogens is 1. The van der Waals surface area contributed by atoms with Gasteiger partial charge in [-0.2, -0.15) is 4.98 Å². The minimum atomic E-state index is 0.0535. The third-order valence-electron chi connectivity index (χ3n) is 3.82. The molecule has 1 aromatic rings. The number of aromatic nitrogens is 2. The van der Waals surface area contributed by atoms with E-state index in [-0.39, 0.29) is 17.9 Å². The molecule has 2 N–H and O–H groups in total. The van der Waals surface area contributed by atoms with Gasteiger partial charge in [-0.05, 0) is 12.8 Å². The first kappa shape index (κ1) is 12.5. The van der Waals surface area contributed by atoms with Crippen molar-refractivity contribution in [2.24, 2.45) is 5.92 Å². The van der Waals surface area contributed by atoms with Gasteiger partial charge < -0.3 is 15.5 Å². The van der Waals surface area contributed by atoms with Gasteiger partial charge in [0.05, 0.1) is 18.2 Å². The zero-order chi connectivity index (χ0) is 13.4. The minimum absolute atomic E-state index is 0.0535. The number of hydrogen-bond acceptors (Lipinski definition) is 5. The van der Waals surface area contributed by atoms with Crippen molar-refractivity contribution in [3.63, 3.8) is 0 Å². The second-order valence-electron chi connectivity index (χ2n) is 4.87. The Bertz CT molecular complexity index is 509. The van der Waals surface area contributed by atoms with Crippen LogP contribution in [-0.2, 0) is 4.79 Å². The number of amides is 1. The number of piperidine rings is 1. The lowest BCUT2D eigenvalue weighted by Crippen LogP contribution is -2.46. The minimum Gasteiger partial charge on any atom is -0.357 e. The Morgan fingerprint density at radius 3 is 3.21 bits per heavy atom. The maximum Gasteiger partial charge on any atom is 0.225 e. The van der Waals surface area contributed by atoms with Gasteiger partial charge in [-0.25, -0.2) is 4.98 Å². The number of fused-ring (bicyclic) bond motifs is 1. The van der Waals surface area contributed by atoms with Crippen molar-refractivity contribution in [1.82, 2.24) is 15.3 Å². The molecule has 0 saturated carbocycles. The highest BCUT2D eigenvalue weighted by molar-refractivity contribution is 6.32. The van der Waals surface area contributed by atoms with E-state index in [4.69, 9.17) is 11.6 Å². The molecule has 0 spiro atoms. The van der Waals surface area contributed by atoms with E-state index in [9.17, 15) is 4.79 Å². The molecule has 7 heteroatoms. The summed E-state index contributed by atoms with van der Waals surface area (Å²) < 4.78 is 0. The summed E-state index contributed by atoms with van der Waals surface area (Å²) in [7, 11) is 1.77. The van der Waals surface area contributed by atoms with Crippen molar-refractivity contribution in [2.45, 2.75) is 18.9 Å². The van der Waals surface area contributed by atoms with Gasteiger partial charge in [0.1, 0.15) is 5.02 Å². The molecule has 3 heterocycles. The Labute approximate surface area is 116 Å². The molecule has 0 aromatic carbocycles. The second-order valence-corrected chi connectivity index (χ2v) is 5.28. The zero-order valence-electron chi connectivity index (χ0n) is 10.7. The van der Waals surface area contributed by atoms with E-state index in [2.05, 4.69) is 25.5 Å². The number of carbonyl (C=O) groups excluding carboxylic acids is 1. The van der Waals surface area contributed by atoms with E-state index in [0.717, 1.165) is 19.4 Å². The summed E-state index contributed by atoms with van der Waals surface area (Å²) >= 11 is 6.21. The van der Waals surface area contributed by atoms with Crippen LogP contribution in [0.25, 0.3) is 0 Å². The van der Waals surface area contributed by atoms with Gasteiger partial charge in [-0.15, -0.1) is 0 Å². The molecule has 2 atom stereocenters. The van der Waals surface area contributed by atoms with E-state index >= 15 is 0 Å². The van der Waals surface area contributed by atoms with Gasteiger partial charge >= 0.3 is 0 Å². The third kappa shape index (κ3) is 2.10. The van der Waals surface area contributed by atoms with Crippen LogP contribution in [0.15, 0.2) is 6.20 Å². The van der Waals surface area contributed by atoms with Gasteiger partial charge in [0.2, 0.25) is 11.9 Å². The number of nitrogens with zero attached hydrogens (tertiary/aromatic N) is 3. The summed E-state index contributed by atoms with van der Waals surface area (Å²) in [5.41, 5.74) is 0. The normalized spacial score (nSPS) is 26.0. The molecule has 2 aliphatic rings. The molecule has 19 heavy (non-hydrogen) atoms. The van der Waals surface area contributed by atoms with E-state index < -0.39 is 0 Å². The van der Waals surface area contributed by atoms with Gasteiger partial charge in [-0.1, -0.05) is 11.6 Å². The standard InChI is InChI=1S/C12H16ClN5O/c1-14-12-16-5-8(13)10(17-12)18-4-2-3-7-9(18)6-15-11(7)19/h5,7,9H,2-4,6H2,1H3,(H,15,19)(H,14,16,17). The highest BCUT2D eigenvalue weighted by Crippen LogP contribution is 2.34. The molecule has 1 aromatic heterocycles. The number of hydrogen-bond donors (Lipinski definition) is 2. The Morgan fingerprint density at radius 2 is 2.42 bits per heavy atom. The molecule has 0 radical (unpaired) electrons. The van der Waals surface area contributed by atoms with E-state index in [1.54, 1.807) is 13.2 Å². The molecule has 6 nitrogen and oxygen atoms in total. The molecular formula is C12H16ClN5O. The monoisotopic (exact) mass is 281 g/mol. The Kier molecular flexibility index (Phi) is 3.18. The van der Waals surface area contributed by atoms with Crippen LogP contribution in [0, 0.1) is 5.92 Å². The molecule has 2 unspecified atom stereocenters. The molecule has 0 aliphatic carbocycles. The summed E-state index contributed by atoms with van der Waals surface area (Å²) in [5.74, 6) is 1.46. The van der Waals surface area contributed by atoms with Crippen molar-refractivity contribution in [3.05, 3.63) is 11.2 Å². The van der Waals surface area contributed by atoms with Gasteiger partial charge in [-0.3, -0.25) is 4.79 Å². The fraction of sp³-hybridized carbons (Fsp3) is 0.583. The van der Waals surface area contributed by atoms with Crippen LogP contribution in [0.2, 0.25) is 5.02 Å². The summed E-state index contributed by atoms with van der Waals surface area (Å²) in [4.78, 5) is 22.4. The van der Waals surface area contributed by atoms with E-state index in [0.29, 0.717) is 23.3 Å². The van der Waals surface area contributed by atoms with Crippen LogP contribution in [-0.4, -0.2) is 42.1 Å². The van der Waals surface area contributed by atoms with Gasteiger partial charge in [0, 0.05) is 20.1 Å². The lowest BCUT2D eigenvalue weighted by molar-refractivity contribution is -0.122. The van der Waals surface area contributed by atoms with Crippen molar-refractivity contribution >= 4 is 29.3 Å². The second kappa shape index (κ2) is 4.85. The maximum atomic E-state index is 11.8. The van der Waals surface area contributed by atoms with Crippen molar-refractivity contribution < 1.29 is 4.79 Å². The van der Waals surface area contributed by atoms with Crippen LogP contribution in [0.3, 0.4) is 0 Å². The molecular weight excluding hydrogens is 266 g/mol. The fourth-order valence-corrected chi connectivity index (χ4v) is 3.09. The number of anilines is 2. The first-order valence-corrected chi connectivity index (χ1v) is 6.83. The Morgan fingerprint density at radius 1 is 1.58 bits per heavy atom. The molecule has 0 bridgehead atoms. The molecule has 1 amide bonds. The Balaban J connectivity index is 1.94. The fourth-order valence-electron chi connectivity index (χ4n) is 2.89. The van der Waals surface area contributed by atoms with Gasteiger partial charge in [0.15, 0.2) is 5.82 Å². The summed E-state index contributed by atoms with van der Waals surface area (Å²) in [6.45, 7) is 1.54. The lowest BCUT2D eigenvalue weighted by atomic mass is 9.91. The maximum absolute atomic E-state index is 11.8. The average molecular weight is 282 g/mol. The number of rotatable bonds is 2. The predicted molar refractivity (Wildman–Crippen MR) is 73.5 cm³/mol. The molecule has 2 fully saturated rings. The Hall–Kier alpha value is -1.56. The van der Waals surface area contributed by atoms with Crippen LogP contribution in [0.1, 0.15) is 12.8 Å². The largest absolute Gasteiger partial charge is 0.357 e. The average Bonchev–Trinajstić information content (AvgIpc) is 2.81. The molecule has 2 aliphatic heterocycles. The first-order valence-electron chi connectivity index (χ1n) is 6.45. The predicted octanol–water partition coefficient (Wildman–Crippen LogP) is 0.886. The van der Waals surface area contributed by atoms with Crippen LogP contribution in [0.5, 0.6) is 0 Å². The van der Waals surface area contributed by atoms with Crippen molar-refractivity contribution in [2.75, 3.05) is 30.4 Å². The number of carbonyl (C=O) groups is 1. The third-order valence-corrected chi connectivity index (χ3v) is 4.09. The quantitative estimate of drug-likeness (QED) is 0.842. The smallest absolute Gasteiger partial charge is 0.225 e. The lowest BCUT2D eigenvalue weighted by Gasteiger charge is -2.37. The SMILES string of the molecule is CNc1ncc(Cl)c(N2CCCC3C(=O)NCC32)n1. The summed E-state index contributed by atoms with van der Waals surface area (Å²) in [6, 6.07) is 0.151. The van der Waals surface area contributed by atoms with E-state index in [1.807, 2.05) is 0 Å². The molecule has 2 saturated heterocycles. The van der Waals surface area contributed by atoms with Crippen LogP contribution >= 0.6 is 11.6 Å². The molecule has 102 valence electrons. The summed E-state index contributed by atoms with van der Waals surface area (Å²) in [5, 5.41) is 6.37. The van der Waals surface area contributed by atoms with Crippen molar-refractivity contribution in [1.29, 1.82) is 0 Å².